The first-order chi connectivity index (χ1) is 13.7. The molecule has 0 saturated heterocycles. The van der Waals surface area contributed by atoms with Crippen molar-refractivity contribution in [1.82, 2.24) is 10.5 Å². The summed E-state index contributed by atoms with van der Waals surface area (Å²) in [5, 5.41) is 6.59. The molecule has 0 saturated carbocycles. The molecule has 2 aromatic carbocycles. The zero-order valence-corrected chi connectivity index (χ0v) is 18.5. The van der Waals surface area contributed by atoms with Crippen molar-refractivity contribution in [3.63, 3.8) is 0 Å². The minimum atomic E-state index is -3.63. The molecular weight excluding hydrogens is 456 g/mol. The van der Waals surface area contributed by atoms with E-state index in [1.807, 2.05) is 24.3 Å². The molecule has 1 N–H and O–H groups in total. The zero-order valence-electron chi connectivity index (χ0n) is 16.1. The number of carbonyl (C=O) groups excluding carboxylic acids is 1. The Kier molecular flexibility index (Phi) is 6.54. The largest absolute Gasteiger partial charge is 0.356 e. The lowest BCUT2D eigenvalue weighted by Crippen LogP contribution is -2.25. The van der Waals surface area contributed by atoms with E-state index in [0.717, 1.165) is 10.0 Å². The fourth-order valence-electron chi connectivity index (χ4n) is 2.86. The standard InChI is InChI=1S/C21H21BrN2O4S/c1-14-6-7-17(19-10-15(2)24-28-19)12-20(14)29(26,27)9-8-21(25)23-13-16-4-3-5-18(22)11-16/h3-7,10-12H,8-9,13H2,1-2H3,(H,23,25). The van der Waals surface area contributed by atoms with E-state index in [-0.39, 0.29) is 23.0 Å². The van der Waals surface area contributed by atoms with Crippen LogP contribution in [0.3, 0.4) is 0 Å². The summed E-state index contributed by atoms with van der Waals surface area (Å²) in [4.78, 5) is 12.3. The van der Waals surface area contributed by atoms with Gasteiger partial charge in [0.25, 0.3) is 0 Å². The van der Waals surface area contributed by atoms with Crippen molar-refractivity contribution in [3.8, 4) is 11.3 Å². The molecule has 6 nitrogen and oxygen atoms in total. The van der Waals surface area contributed by atoms with Gasteiger partial charge in [-0.25, -0.2) is 8.42 Å². The topological polar surface area (TPSA) is 89.3 Å². The van der Waals surface area contributed by atoms with Gasteiger partial charge in [-0.1, -0.05) is 45.4 Å². The summed E-state index contributed by atoms with van der Waals surface area (Å²) in [5.41, 5.74) is 2.90. The highest BCUT2D eigenvalue weighted by Gasteiger charge is 2.20. The van der Waals surface area contributed by atoms with E-state index in [2.05, 4.69) is 26.4 Å². The van der Waals surface area contributed by atoms with Gasteiger partial charge in [-0.3, -0.25) is 4.79 Å². The molecule has 3 rings (SSSR count). The number of hydrogen-bond donors (Lipinski definition) is 1. The summed E-state index contributed by atoms with van der Waals surface area (Å²) >= 11 is 3.38. The number of hydrogen-bond acceptors (Lipinski definition) is 5. The highest BCUT2D eigenvalue weighted by Crippen LogP contribution is 2.26. The third-order valence-corrected chi connectivity index (χ3v) is 6.76. The third-order valence-electron chi connectivity index (χ3n) is 4.41. The van der Waals surface area contributed by atoms with Crippen molar-refractivity contribution in [1.29, 1.82) is 0 Å². The molecule has 0 fully saturated rings. The van der Waals surface area contributed by atoms with Gasteiger partial charge in [0, 0.05) is 29.1 Å². The summed E-state index contributed by atoms with van der Waals surface area (Å²) in [7, 11) is -3.63. The Labute approximate surface area is 178 Å². The van der Waals surface area contributed by atoms with E-state index in [0.29, 0.717) is 29.1 Å². The fourth-order valence-corrected chi connectivity index (χ4v) is 4.85. The van der Waals surface area contributed by atoms with Crippen LogP contribution in [0.25, 0.3) is 11.3 Å². The van der Waals surface area contributed by atoms with Gasteiger partial charge in [-0.15, -0.1) is 0 Å². The van der Waals surface area contributed by atoms with Crippen LogP contribution in [0.2, 0.25) is 0 Å². The molecule has 0 aliphatic carbocycles. The van der Waals surface area contributed by atoms with Crippen LogP contribution in [0.5, 0.6) is 0 Å². The first kappa shape index (κ1) is 21.3. The molecule has 1 heterocycles. The van der Waals surface area contributed by atoms with Gasteiger partial charge >= 0.3 is 0 Å². The van der Waals surface area contributed by atoms with Crippen LogP contribution >= 0.6 is 15.9 Å². The molecule has 152 valence electrons. The number of amides is 1. The fraction of sp³-hybridized carbons (Fsp3) is 0.238. The maximum Gasteiger partial charge on any atom is 0.221 e. The van der Waals surface area contributed by atoms with E-state index in [1.165, 1.54) is 0 Å². The van der Waals surface area contributed by atoms with Gasteiger partial charge < -0.3 is 9.84 Å². The molecule has 0 aliphatic rings. The number of benzene rings is 2. The van der Waals surface area contributed by atoms with E-state index < -0.39 is 9.84 Å². The summed E-state index contributed by atoms with van der Waals surface area (Å²) in [6.45, 7) is 3.87. The van der Waals surface area contributed by atoms with E-state index in [1.54, 1.807) is 38.1 Å². The number of sulfone groups is 1. The Hall–Kier alpha value is -2.45. The minimum Gasteiger partial charge on any atom is -0.356 e. The van der Waals surface area contributed by atoms with Crippen molar-refractivity contribution in [2.45, 2.75) is 31.7 Å². The molecule has 29 heavy (non-hydrogen) atoms. The number of nitrogens with one attached hydrogen (secondary N) is 1. The number of halogens is 1. The van der Waals surface area contributed by atoms with Crippen molar-refractivity contribution in [2.75, 3.05) is 5.75 Å². The van der Waals surface area contributed by atoms with Gasteiger partial charge in [0.1, 0.15) is 0 Å². The number of nitrogens with zero attached hydrogens (tertiary/aromatic N) is 1. The molecule has 0 bridgehead atoms. The minimum absolute atomic E-state index is 0.110. The van der Waals surface area contributed by atoms with Crippen molar-refractivity contribution in [3.05, 3.63) is 69.8 Å². The number of aryl methyl sites for hydroxylation is 2. The Morgan fingerprint density at radius 1 is 1.14 bits per heavy atom. The van der Waals surface area contributed by atoms with Crippen LogP contribution < -0.4 is 5.32 Å². The quantitative estimate of drug-likeness (QED) is 0.551. The van der Waals surface area contributed by atoms with Crippen molar-refractivity contribution in [2.24, 2.45) is 0 Å². The number of aromatic nitrogens is 1. The van der Waals surface area contributed by atoms with Crippen LogP contribution in [0, 0.1) is 13.8 Å². The van der Waals surface area contributed by atoms with Gasteiger partial charge in [-0.2, -0.15) is 0 Å². The van der Waals surface area contributed by atoms with Gasteiger partial charge in [0.05, 0.1) is 16.3 Å². The molecule has 0 aliphatic heterocycles. The van der Waals surface area contributed by atoms with E-state index in [9.17, 15) is 13.2 Å². The maximum atomic E-state index is 12.8. The normalized spacial score (nSPS) is 11.4. The highest BCUT2D eigenvalue weighted by atomic mass is 79.9. The Bertz CT molecular complexity index is 1140. The van der Waals surface area contributed by atoms with Crippen LogP contribution in [0.4, 0.5) is 0 Å². The van der Waals surface area contributed by atoms with Crippen molar-refractivity contribution < 1.29 is 17.7 Å². The number of carbonyl (C=O) groups is 1. The Balaban J connectivity index is 1.66. The molecule has 1 amide bonds. The van der Waals surface area contributed by atoms with Gasteiger partial charge in [0.2, 0.25) is 5.91 Å². The first-order valence-corrected chi connectivity index (χ1v) is 11.5. The lowest BCUT2D eigenvalue weighted by molar-refractivity contribution is -0.120. The average molecular weight is 477 g/mol. The molecule has 1 aromatic heterocycles. The monoisotopic (exact) mass is 476 g/mol. The average Bonchev–Trinajstić information content (AvgIpc) is 3.11. The third kappa shape index (κ3) is 5.55. The summed E-state index contributed by atoms with van der Waals surface area (Å²) in [6.07, 6.45) is -0.110. The van der Waals surface area contributed by atoms with Crippen LogP contribution in [0.15, 0.2) is 62.4 Å². The summed E-state index contributed by atoms with van der Waals surface area (Å²) in [6, 6.07) is 14.4. The second-order valence-corrected chi connectivity index (χ2v) is 9.78. The first-order valence-electron chi connectivity index (χ1n) is 9.03. The maximum absolute atomic E-state index is 12.8. The molecule has 0 atom stereocenters. The molecule has 3 aromatic rings. The lowest BCUT2D eigenvalue weighted by Gasteiger charge is -2.10. The Morgan fingerprint density at radius 3 is 2.62 bits per heavy atom. The zero-order chi connectivity index (χ0) is 21.0. The molecule has 0 unspecified atom stereocenters. The molecule has 8 heteroatoms. The molecule has 0 radical (unpaired) electrons. The van der Waals surface area contributed by atoms with Gasteiger partial charge in [-0.05, 0) is 43.2 Å². The van der Waals surface area contributed by atoms with E-state index in [4.69, 9.17) is 4.52 Å². The SMILES string of the molecule is Cc1cc(-c2ccc(C)c(S(=O)(=O)CCC(=O)NCc3cccc(Br)c3)c2)on1. The Morgan fingerprint density at radius 2 is 1.93 bits per heavy atom. The van der Waals surface area contributed by atoms with Crippen LogP contribution in [-0.2, 0) is 21.2 Å². The second-order valence-electron chi connectivity index (χ2n) is 6.79. The highest BCUT2D eigenvalue weighted by molar-refractivity contribution is 9.10. The second kappa shape index (κ2) is 8.92. The predicted octanol–water partition coefficient (Wildman–Crippen LogP) is 4.20. The molecule has 0 spiro atoms. The predicted molar refractivity (Wildman–Crippen MR) is 114 cm³/mol. The van der Waals surface area contributed by atoms with E-state index >= 15 is 0 Å². The summed E-state index contributed by atoms with van der Waals surface area (Å²) in [5.74, 6) is -0.0734. The van der Waals surface area contributed by atoms with Crippen molar-refractivity contribution >= 4 is 31.7 Å². The van der Waals surface area contributed by atoms with Crippen LogP contribution in [-0.4, -0.2) is 25.2 Å². The number of rotatable bonds is 7. The van der Waals surface area contributed by atoms with Gasteiger partial charge in [0.15, 0.2) is 15.6 Å². The molecular formula is C21H21BrN2O4S. The summed E-state index contributed by atoms with van der Waals surface area (Å²) < 4.78 is 31.8. The smallest absolute Gasteiger partial charge is 0.221 e. The van der Waals surface area contributed by atoms with Crippen LogP contribution in [0.1, 0.15) is 23.2 Å². The lowest BCUT2D eigenvalue weighted by atomic mass is 10.1.